The van der Waals surface area contributed by atoms with Gasteiger partial charge < -0.3 is 5.73 Å². The van der Waals surface area contributed by atoms with Crippen molar-refractivity contribution in [1.29, 1.82) is 0 Å². The average Bonchev–Trinajstić information content (AvgIpc) is 2.46. The molecule has 2 aromatic rings. The fourth-order valence-corrected chi connectivity index (χ4v) is 3.56. The maximum atomic E-state index is 10.9. The van der Waals surface area contributed by atoms with Crippen LogP contribution in [0.5, 0.6) is 0 Å². The highest BCUT2D eigenvalue weighted by molar-refractivity contribution is 9.10. The summed E-state index contributed by atoms with van der Waals surface area (Å²) >= 11 is 4.95. The first-order valence-electron chi connectivity index (χ1n) is 6.39. The van der Waals surface area contributed by atoms with Crippen LogP contribution in [0.2, 0.25) is 0 Å². The number of nitro benzene ring substituents is 1. The highest BCUT2D eigenvalue weighted by Gasteiger charge is 2.14. The molecule has 2 N–H and O–H groups in total. The van der Waals surface area contributed by atoms with Crippen molar-refractivity contribution < 1.29 is 4.92 Å². The predicted molar refractivity (Wildman–Crippen MR) is 89.4 cm³/mol. The van der Waals surface area contributed by atoms with Gasteiger partial charge in [-0.2, -0.15) is 0 Å². The first kappa shape index (κ1) is 16.0. The lowest BCUT2D eigenvalue weighted by atomic mass is 10.1. The van der Waals surface area contributed by atoms with E-state index in [1.165, 1.54) is 6.07 Å². The molecule has 4 nitrogen and oxygen atoms in total. The second kappa shape index (κ2) is 7.06. The molecule has 21 heavy (non-hydrogen) atoms. The third-order valence-electron chi connectivity index (χ3n) is 3.03. The molecule has 0 spiro atoms. The van der Waals surface area contributed by atoms with Gasteiger partial charge in [0, 0.05) is 22.8 Å². The minimum atomic E-state index is -0.380. The quantitative estimate of drug-likeness (QED) is 0.474. The normalized spacial score (nSPS) is 12.1. The Kier molecular flexibility index (Phi) is 5.39. The van der Waals surface area contributed by atoms with Crippen LogP contribution in [0, 0.1) is 10.1 Å². The monoisotopic (exact) mass is 366 g/mol. The Morgan fingerprint density at radius 3 is 2.71 bits per heavy atom. The number of thioether (sulfide) groups is 1. The van der Waals surface area contributed by atoms with Gasteiger partial charge in [-0.1, -0.05) is 24.3 Å². The molecule has 0 radical (unpaired) electrons. The fourth-order valence-electron chi connectivity index (χ4n) is 1.87. The lowest BCUT2D eigenvalue weighted by Crippen LogP contribution is -2.04. The molecule has 0 aliphatic heterocycles. The van der Waals surface area contributed by atoms with Crippen LogP contribution < -0.4 is 5.73 Å². The van der Waals surface area contributed by atoms with E-state index in [1.807, 2.05) is 31.2 Å². The third kappa shape index (κ3) is 4.06. The van der Waals surface area contributed by atoms with E-state index in [2.05, 4.69) is 22.0 Å². The number of nitro groups is 1. The van der Waals surface area contributed by atoms with Crippen LogP contribution in [-0.2, 0) is 5.75 Å². The van der Waals surface area contributed by atoms with Crippen molar-refractivity contribution >= 4 is 33.4 Å². The van der Waals surface area contributed by atoms with Crippen LogP contribution in [0.3, 0.4) is 0 Å². The molecule has 0 heterocycles. The molecule has 0 aliphatic rings. The van der Waals surface area contributed by atoms with Crippen molar-refractivity contribution in [3.8, 4) is 0 Å². The van der Waals surface area contributed by atoms with Gasteiger partial charge in [-0.05, 0) is 46.1 Å². The molecule has 0 fully saturated rings. The lowest BCUT2D eigenvalue weighted by Gasteiger charge is -2.09. The summed E-state index contributed by atoms with van der Waals surface area (Å²) in [6.45, 7) is 1.95. The number of hydrogen-bond acceptors (Lipinski definition) is 4. The van der Waals surface area contributed by atoms with Crippen molar-refractivity contribution in [2.24, 2.45) is 5.73 Å². The average molecular weight is 367 g/mol. The van der Waals surface area contributed by atoms with Gasteiger partial charge in [0.15, 0.2) is 0 Å². The Morgan fingerprint density at radius 2 is 2.05 bits per heavy atom. The first-order valence-corrected chi connectivity index (χ1v) is 8.17. The van der Waals surface area contributed by atoms with Gasteiger partial charge in [-0.25, -0.2) is 0 Å². The van der Waals surface area contributed by atoms with Crippen LogP contribution in [0.25, 0.3) is 0 Å². The zero-order valence-electron chi connectivity index (χ0n) is 11.5. The third-order valence-corrected chi connectivity index (χ3v) is 4.99. The molecular weight excluding hydrogens is 352 g/mol. The summed E-state index contributed by atoms with van der Waals surface area (Å²) in [4.78, 5) is 11.6. The molecule has 0 saturated carbocycles. The molecule has 0 aromatic heterocycles. The van der Waals surface area contributed by atoms with Crippen molar-refractivity contribution in [2.75, 3.05) is 0 Å². The highest BCUT2D eigenvalue weighted by atomic mass is 79.9. The summed E-state index contributed by atoms with van der Waals surface area (Å²) in [5.41, 5.74) is 7.95. The SMILES string of the molecule is CC(N)c1cccc(SCc2cccc([N+](=O)[O-])c2Br)c1. The van der Waals surface area contributed by atoms with E-state index in [0.717, 1.165) is 16.0 Å². The molecule has 2 rings (SSSR count). The second-order valence-corrected chi connectivity index (χ2v) is 6.50. The van der Waals surface area contributed by atoms with Crippen LogP contribution >= 0.6 is 27.7 Å². The molecule has 0 aliphatic carbocycles. The Labute approximate surface area is 136 Å². The van der Waals surface area contributed by atoms with Gasteiger partial charge in [-0.15, -0.1) is 11.8 Å². The number of nitrogens with zero attached hydrogens (tertiary/aromatic N) is 1. The summed E-state index contributed by atoms with van der Waals surface area (Å²) in [6.07, 6.45) is 0. The van der Waals surface area contributed by atoms with Crippen molar-refractivity contribution in [3.63, 3.8) is 0 Å². The topological polar surface area (TPSA) is 69.2 Å². The van der Waals surface area contributed by atoms with E-state index < -0.39 is 0 Å². The highest BCUT2D eigenvalue weighted by Crippen LogP contribution is 2.33. The summed E-state index contributed by atoms with van der Waals surface area (Å²) in [5.74, 6) is 0.657. The van der Waals surface area contributed by atoms with Gasteiger partial charge in [0.2, 0.25) is 0 Å². The molecular formula is C15H15BrN2O2S. The minimum absolute atomic E-state index is 0.00454. The Morgan fingerprint density at radius 1 is 1.33 bits per heavy atom. The van der Waals surface area contributed by atoms with Gasteiger partial charge in [-0.3, -0.25) is 10.1 Å². The zero-order valence-corrected chi connectivity index (χ0v) is 13.9. The van der Waals surface area contributed by atoms with Gasteiger partial charge in [0.1, 0.15) is 0 Å². The van der Waals surface area contributed by atoms with E-state index in [9.17, 15) is 10.1 Å². The number of rotatable bonds is 5. The van der Waals surface area contributed by atoms with Gasteiger partial charge in [0.25, 0.3) is 5.69 Å². The molecule has 0 saturated heterocycles. The van der Waals surface area contributed by atoms with E-state index in [4.69, 9.17) is 5.73 Å². The predicted octanol–water partition coefficient (Wildman–Crippen LogP) is 4.67. The van der Waals surface area contributed by atoms with Crippen molar-refractivity contribution in [1.82, 2.24) is 0 Å². The first-order chi connectivity index (χ1) is 9.99. The molecule has 2 aromatic carbocycles. The van der Waals surface area contributed by atoms with Crippen LogP contribution in [-0.4, -0.2) is 4.92 Å². The summed E-state index contributed by atoms with van der Waals surface area (Å²) in [5, 5.41) is 10.9. The fraction of sp³-hybridized carbons (Fsp3) is 0.200. The smallest absolute Gasteiger partial charge is 0.283 e. The standard InChI is InChI=1S/C15H15BrN2O2S/c1-10(17)11-4-2-6-13(8-11)21-9-12-5-3-7-14(15(12)16)18(19)20/h2-8,10H,9,17H2,1H3. The molecule has 1 atom stereocenters. The maximum Gasteiger partial charge on any atom is 0.283 e. The lowest BCUT2D eigenvalue weighted by molar-refractivity contribution is -0.385. The minimum Gasteiger partial charge on any atom is -0.324 e. The van der Waals surface area contributed by atoms with Crippen molar-refractivity contribution in [2.45, 2.75) is 23.6 Å². The Hall–Kier alpha value is -1.37. The molecule has 6 heteroatoms. The summed E-state index contributed by atoms with van der Waals surface area (Å²) in [7, 11) is 0. The number of nitrogens with two attached hydrogens (primary N) is 1. The number of benzene rings is 2. The summed E-state index contributed by atoms with van der Waals surface area (Å²) < 4.78 is 0.547. The molecule has 110 valence electrons. The van der Waals surface area contributed by atoms with Gasteiger partial charge >= 0.3 is 0 Å². The van der Waals surface area contributed by atoms with Crippen molar-refractivity contribution in [3.05, 3.63) is 68.2 Å². The van der Waals surface area contributed by atoms with E-state index in [1.54, 1.807) is 17.8 Å². The Bertz CT molecular complexity index is 662. The van der Waals surface area contributed by atoms with Crippen LogP contribution in [0.4, 0.5) is 5.69 Å². The second-order valence-electron chi connectivity index (χ2n) is 4.66. The molecule has 0 bridgehead atoms. The molecule has 0 amide bonds. The van der Waals surface area contributed by atoms with E-state index >= 15 is 0 Å². The van der Waals surface area contributed by atoms with Crippen LogP contribution in [0.15, 0.2) is 51.8 Å². The Balaban J connectivity index is 2.15. The maximum absolute atomic E-state index is 10.9. The van der Waals surface area contributed by atoms with E-state index in [-0.39, 0.29) is 16.7 Å². The molecule has 1 unspecified atom stereocenters. The summed E-state index contributed by atoms with van der Waals surface area (Å²) in [6, 6.07) is 13.1. The number of hydrogen-bond donors (Lipinski definition) is 1. The number of halogens is 1. The van der Waals surface area contributed by atoms with Gasteiger partial charge in [0.05, 0.1) is 9.40 Å². The zero-order chi connectivity index (χ0) is 15.4. The largest absolute Gasteiger partial charge is 0.324 e. The van der Waals surface area contributed by atoms with Crippen LogP contribution in [0.1, 0.15) is 24.1 Å². The van der Waals surface area contributed by atoms with E-state index in [0.29, 0.717) is 10.2 Å².